The fourth-order valence-electron chi connectivity index (χ4n) is 3.30. The van der Waals surface area contributed by atoms with Crippen molar-refractivity contribution in [3.63, 3.8) is 0 Å². The molecule has 3 aromatic rings. The van der Waals surface area contributed by atoms with Crippen LogP contribution >= 0.6 is 11.6 Å². The van der Waals surface area contributed by atoms with Gasteiger partial charge in [0.05, 0.1) is 16.5 Å². The van der Waals surface area contributed by atoms with Crippen molar-refractivity contribution in [3.05, 3.63) is 47.0 Å². The molecule has 0 aliphatic carbocycles. The lowest BCUT2D eigenvalue weighted by molar-refractivity contribution is -0.123. The minimum Gasteiger partial charge on any atom is -0.436 e. The summed E-state index contributed by atoms with van der Waals surface area (Å²) in [6.07, 6.45) is 1.03. The van der Waals surface area contributed by atoms with Crippen LogP contribution in [0.1, 0.15) is 18.9 Å². The van der Waals surface area contributed by atoms with Gasteiger partial charge in [0.15, 0.2) is 5.58 Å². The lowest BCUT2D eigenvalue weighted by Crippen LogP contribution is -2.28. The average molecular weight is 384 g/mol. The Labute approximate surface area is 160 Å². The smallest absolute Gasteiger partial charge is 0.228 e. The fraction of sp³-hybridized carbons (Fsp3) is 0.250. The van der Waals surface area contributed by atoms with Gasteiger partial charge < -0.3 is 15.1 Å². The molecule has 0 bridgehead atoms. The Balaban J connectivity index is 1.73. The first kappa shape index (κ1) is 17.5. The number of carbonyl (C=O) groups excluding carboxylic acids is 2. The van der Waals surface area contributed by atoms with Gasteiger partial charge in [-0.3, -0.25) is 9.59 Å². The third-order valence-corrected chi connectivity index (χ3v) is 5.21. The number of anilines is 1. The quantitative estimate of drug-likeness (QED) is 0.746. The first-order valence-electron chi connectivity index (χ1n) is 8.75. The first-order valence-corrected chi connectivity index (χ1v) is 9.13. The van der Waals surface area contributed by atoms with E-state index in [4.69, 9.17) is 21.8 Å². The maximum absolute atomic E-state index is 12.3. The van der Waals surface area contributed by atoms with Crippen LogP contribution in [0.15, 0.2) is 40.8 Å². The highest BCUT2D eigenvalue weighted by atomic mass is 35.5. The fourth-order valence-corrected chi connectivity index (χ4v) is 3.50. The van der Waals surface area contributed by atoms with E-state index < -0.39 is 11.8 Å². The van der Waals surface area contributed by atoms with Crippen LogP contribution in [0.4, 0.5) is 5.69 Å². The molecule has 1 fully saturated rings. The summed E-state index contributed by atoms with van der Waals surface area (Å²) in [7, 11) is 0. The molecule has 0 saturated carbocycles. The number of aryl methyl sites for hydroxylation is 1. The lowest BCUT2D eigenvalue weighted by atomic mass is 10.1. The van der Waals surface area contributed by atoms with Crippen LogP contribution in [0.5, 0.6) is 0 Å². The molecule has 6 nitrogen and oxygen atoms in total. The number of rotatable bonds is 4. The minimum absolute atomic E-state index is 0.121. The van der Waals surface area contributed by atoms with Crippen molar-refractivity contribution < 1.29 is 14.0 Å². The van der Waals surface area contributed by atoms with E-state index in [2.05, 4.69) is 11.9 Å². The Morgan fingerprint density at radius 2 is 2.15 bits per heavy atom. The molecule has 2 aromatic carbocycles. The summed E-state index contributed by atoms with van der Waals surface area (Å²) in [6, 6.07) is 11.1. The van der Waals surface area contributed by atoms with Crippen LogP contribution in [-0.2, 0) is 16.0 Å². The molecule has 4 rings (SSSR count). The normalized spacial score (nSPS) is 17.0. The predicted molar refractivity (Wildman–Crippen MR) is 103 cm³/mol. The topological polar surface area (TPSA) is 89.4 Å². The van der Waals surface area contributed by atoms with Crippen molar-refractivity contribution in [3.8, 4) is 11.5 Å². The standard InChI is InChI=1S/C20H18ClN3O3/c1-2-11-3-6-17-16(7-11)23-20(27-17)14-9-13(4-5-15(14)21)24-10-12(19(22)26)8-18(24)25/h3-7,9,12H,2,8,10H2,1H3,(H2,22,26). The van der Waals surface area contributed by atoms with Gasteiger partial charge >= 0.3 is 0 Å². The Morgan fingerprint density at radius 1 is 1.33 bits per heavy atom. The average Bonchev–Trinajstić information content (AvgIpc) is 3.25. The number of halogens is 1. The second kappa shape index (κ2) is 6.70. The Morgan fingerprint density at radius 3 is 2.85 bits per heavy atom. The van der Waals surface area contributed by atoms with E-state index in [9.17, 15) is 9.59 Å². The summed E-state index contributed by atoms with van der Waals surface area (Å²) in [5, 5.41) is 0.471. The van der Waals surface area contributed by atoms with Crippen LogP contribution in [-0.4, -0.2) is 23.3 Å². The minimum atomic E-state index is -0.478. The van der Waals surface area contributed by atoms with Crippen molar-refractivity contribution in [1.82, 2.24) is 4.98 Å². The van der Waals surface area contributed by atoms with Gasteiger partial charge in [-0.05, 0) is 42.3 Å². The highest BCUT2D eigenvalue weighted by Gasteiger charge is 2.34. The third-order valence-electron chi connectivity index (χ3n) is 4.88. The zero-order valence-electron chi connectivity index (χ0n) is 14.7. The number of nitrogens with zero attached hydrogens (tertiary/aromatic N) is 2. The summed E-state index contributed by atoms with van der Waals surface area (Å²) in [5.41, 5.74) is 9.19. The zero-order valence-corrected chi connectivity index (χ0v) is 15.5. The largest absolute Gasteiger partial charge is 0.436 e. The summed E-state index contributed by atoms with van der Waals surface area (Å²) < 4.78 is 5.87. The number of fused-ring (bicyclic) bond motifs is 1. The Hall–Kier alpha value is -2.86. The molecule has 27 heavy (non-hydrogen) atoms. The van der Waals surface area contributed by atoms with E-state index in [-0.39, 0.29) is 18.9 Å². The second-order valence-corrected chi connectivity index (χ2v) is 7.05. The highest BCUT2D eigenvalue weighted by molar-refractivity contribution is 6.33. The maximum Gasteiger partial charge on any atom is 0.228 e. The number of aromatic nitrogens is 1. The van der Waals surface area contributed by atoms with Crippen molar-refractivity contribution in [1.29, 1.82) is 0 Å². The van der Waals surface area contributed by atoms with Crippen molar-refractivity contribution in [2.24, 2.45) is 11.7 Å². The molecule has 138 valence electrons. The van der Waals surface area contributed by atoms with Crippen molar-refractivity contribution in [2.75, 3.05) is 11.4 Å². The van der Waals surface area contributed by atoms with Crippen LogP contribution in [0.3, 0.4) is 0 Å². The molecule has 2 heterocycles. The molecule has 1 atom stereocenters. The van der Waals surface area contributed by atoms with Crippen molar-refractivity contribution >= 4 is 40.2 Å². The number of hydrogen-bond donors (Lipinski definition) is 1. The van der Waals surface area contributed by atoms with Crippen LogP contribution in [0.25, 0.3) is 22.6 Å². The molecule has 2 amide bonds. The molecular formula is C20H18ClN3O3. The molecule has 2 N–H and O–H groups in total. The van der Waals surface area contributed by atoms with Crippen LogP contribution in [0.2, 0.25) is 5.02 Å². The van der Waals surface area contributed by atoms with Gasteiger partial charge in [0.25, 0.3) is 0 Å². The summed E-state index contributed by atoms with van der Waals surface area (Å²) in [6.45, 7) is 2.34. The van der Waals surface area contributed by atoms with Crippen LogP contribution in [0, 0.1) is 5.92 Å². The molecule has 1 unspecified atom stereocenters. The molecule has 1 aromatic heterocycles. The number of carbonyl (C=O) groups is 2. The van der Waals surface area contributed by atoms with Crippen LogP contribution < -0.4 is 10.6 Å². The maximum atomic E-state index is 12.3. The number of amides is 2. The monoisotopic (exact) mass is 383 g/mol. The zero-order chi connectivity index (χ0) is 19.1. The van der Waals surface area contributed by atoms with E-state index in [0.29, 0.717) is 27.7 Å². The van der Waals surface area contributed by atoms with E-state index >= 15 is 0 Å². The molecule has 0 spiro atoms. The summed E-state index contributed by atoms with van der Waals surface area (Å²) in [5.74, 6) is -0.695. The number of primary amides is 1. The number of benzene rings is 2. The Kier molecular flexibility index (Phi) is 4.36. The van der Waals surface area contributed by atoms with Gasteiger partial charge in [-0.1, -0.05) is 24.6 Å². The number of nitrogens with two attached hydrogens (primary N) is 1. The van der Waals surface area contributed by atoms with E-state index in [1.165, 1.54) is 5.56 Å². The molecular weight excluding hydrogens is 366 g/mol. The highest BCUT2D eigenvalue weighted by Crippen LogP contribution is 2.35. The van der Waals surface area contributed by atoms with E-state index in [0.717, 1.165) is 11.9 Å². The number of oxazole rings is 1. The van der Waals surface area contributed by atoms with Gasteiger partial charge in [-0.15, -0.1) is 0 Å². The van der Waals surface area contributed by atoms with Gasteiger partial charge in [0.2, 0.25) is 17.7 Å². The Bertz CT molecular complexity index is 1060. The number of hydrogen-bond acceptors (Lipinski definition) is 4. The SMILES string of the molecule is CCc1ccc2oc(-c3cc(N4CC(C(N)=O)CC4=O)ccc3Cl)nc2c1. The van der Waals surface area contributed by atoms with Gasteiger partial charge in [-0.2, -0.15) is 0 Å². The predicted octanol–water partition coefficient (Wildman–Crippen LogP) is 3.55. The molecule has 1 saturated heterocycles. The third kappa shape index (κ3) is 3.17. The molecule has 0 radical (unpaired) electrons. The van der Waals surface area contributed by atoms with E-state index in [1.54, 1.807) is 23.1 Å². The first-order chi connectivity index (χ1) is 13.0. The second-order valence-electron chi connectivity index (χ2n) is 6.65. The molecule has 7 heteroatoms. The summed E-state index contributed by atoms with van der Waals surface area (Å²) >= 11 is 6.36. The van der Waals surface area contributed by atoms with E-state index in [1.807, 2.05) is 18.2 Å². The summed E-state index contributed by atoms with van der Waals surface area (Å²) in [4.78, 5) is 29.8. The molecule has 1 aliphatic rings. The molecule has 1 aliphatic heterocycles. The van der Waals surface area contributed by atoms with Crippen molar-refractivity contribution in [2.45, 2.75) is 19.8 Å². The lowest BCUT2D eigenvalue weighted by Gasteiger charge is -2.17. The van der Waals surface area contributed by atoms with Gasteiger partial charge in [0, 0.05) is 18.7 Å². The van der Waals surface area contributed by atoms with Gasteiger partial charge in [0.1, 0.15) is 5.52 Å². The van der Waals surface area contributed by atoms with Gasteiger partial charge in [-0.25, -0.2) is 4.98 Å².